The molecule has 2 aromatic rings. The third-order valence-electron chi connectivity index (χ3n) is 6.31. The quantitative estimate of drug-likeness (QED) is 0.643. The van der Waals surface area contributed by atoms with E-state index in [1.807, 2.05) is 18.4 Å². The van der Waals surface area contributed by atoms with Crippen molar-refractivity contribution in [3.05, 3.63) is 17.8 Å². The molecule has 1 N–H and O–H groups in total. The molecule has 132 valence electrons. The van der Waals surface area contributed by atoms with Crippen LogP contribution >= 0.6 is 23.1 Å². The maximum atomic E-state index is 12.9. The molecule has 6 heteroatoms. The third kappa shape index (κ3) is 2.87. The minimum Gasteiger partial charge on any atom is -0.350 e. The maximum absolute atomic E-state index is 12.9. The zero-order valence-electron chi connectivity index (χ0n) is 14.4. The van der Waals surface area contributed by atoms with Crippen molar-refractivity contribution < 1.29 is 4.79 Å². The fraction of sp³-hybridized carbons (Fsp3) is 0.632. The number of nitrogens with one attached hydrogen (secondary N) is 1. The first-order valence-electron chi connectivity index (χ1n) is 9.27. The van der Waals surface area contributed by atoms with E-state index < -0.39 is 0 Å². The second kappa shape index (κ2) is 5.95. The molecule has 4 bridgehead atoms. The molecule has 0 unspecified atom stereocenters. The Morgan fingerprint density at radius 3 is 2.60 bits per heavy atom. The lowest BCUT2D eigenvalue weighted by Crippen LogP contribution is -2.60. The minimum atomic E-state index is -0.133. The van der Waals surface area contributed by atoms with Crippen LogP contribution in [-0.4, -0.2) is 26.7 Å². The summed E-state index contributed by atoms with van der Waals surface area (Å²) in [6, 6.07) is 2.05. The number of aromatic nitrogens is 2. The van der Waals surface area contributed by atoms with E-state index in [1.165, 1.54) is 38.5 Å². The molecule has 0 aliphatic heterocycles. The van der Waals surface area contributed by atoms with Gasteiger partial charge in [0.15, 0.2) is 0 Å². The molecule has 2 heterocycles. The predicted molar refractivity (Wildman–Crippen MR) is 102 cm³/mol. The second-order valence-electron chi connectivity index (χ2n) is 8.27. The Morgan fingerprint density at radius 2 is 1.92 bits per heavy atom. The summed E-state index contributed by atoms with van der Waals surface area (Å²) in [6.45, 7) is 2.00. The fourth-order valence-electron chi connectivity index (χ4n) is 5.71. The molecule has 4 aliphatic carbocycles. The largest absolute Gasteiger partial charge is 0.350 e. The highest BCUT2D eigenvalue weighted by Crippen LogP contribution is 2.55. The van der Waals surface area contributed by atoms with Crippen LogP contribution in [0.4, 0.5) is 0 Å². The highest BCUT2D eigenvalue weighted by molar-refractivity contribution is 8.00. The lowest BCUT2D eigenvalue weighted by molar-refractivity contribution is -0.126. The van der Waals surface area contributed by atoms with Crippen LogP contribution in [0.5, 0.6) is 0 Å². The summed E-state index contributed by atoms with van der Waals surface area (Å²) >= 11 is 3.17. The van der Waals surface area contributed by atoms with Gasteiger partial charge in [0.25, 0.3) is 0 Å². The molecule has 6 rings (SSSR count). The van der Waals surface area contributed by atoms with Gasteiger partial charge in [-0.15, -0.1) is 11.3 Å². The molecular formula is C19H23N3OS2. The van der Waals surface area contributed by atoms with Crippen LogP contribution in [0.3, 0.4) is 0 Å². The van der Waals surface area contributed by atoms with E-state index in [2.05, 4.69) is 15.3 Å². The van der Waals surface area contributed by atoms with Gasteiger partial charge in [0.1, 0.15) is 16.2 Å². The molecule has 4 nitrogen and oxygen atoms in total. The summed E-state index contributed by atoms with van der Waals surface area (Å²) in [6.07, 6.45) is 9.40. The van der Waals surface area contributed by atoms with Gasteiger partial charge in [0, 0.05) is 10.9 Å². The fourth-order valence-corrected chi connectivity index (χ4v) is 7.41. The molecule has 0 spiro atoms. The van der Waals surface area contributed by atoms with Crippen molar-refractivity contribution in [2.24, 2.45) is 17.8 Å². The zero-order valence-corrected chi connectivity index (χ0v) is 16.0. The van der Waals surface area contributed by atoms with Crippen molar-refractivity contribution in [1.29, 1.82) is 0 Å². The number of hydrogen-bond acceptors (Lipinski definition) is 5. The summed E-state index contributed by atoms with van der Waals surface area (Å²) in [4.78, 5) is 22.6. The number of amides is 1. The smallest absolute Gasteiger partial charge is 0.233 e. The normalized spacial score (nSPS) is 34.4. The van der Waals surface area contributed by atoms with Gasteiger partial charge in [-0.1, -0.05) is 11.8 Å². The van der Waals surface area contributed by atoms with Crippen LogP contribution < -0.4 is 5.32 Å². The van der Waals surface area contributed by atoms with Crippen molar-refractivity contribution in [2.45, 2.75) is 61.3 Å². The second-order valence-corrected chi connectivity index (χ2v) is 10.5. The average molecular weight is 374 g/mol. The summed E-state index contributed by atoms with van der Waals surface area (Å²) in [5, 5.41) is 7.36. The molecule has 0 saturated heterocycles. The summed E-state index contributed by atoms with van der Waals surface area (Å²) < 4.78 is 0. The van der Waals surface area contributed by atoms with Crippen molar-refractivity contribution >= 4 is 39.2 Å². The maximum Gasteiger partial charge on any atom is 0.233 e. The van der Waals surface area contributed by atoms with Crippen molar-refractivity contribution in [3.8, 4) is 0 Å². The lowest BCUT2D eigenvalue weighted by Gasteiger charge is -2.57. The topological polar surface area (TPSA) is 54.9 Å². The molecule has 2 aromatic heterocycles. The van der Waals surface area contributed by atoms with E-state index in [0.717, 1.165) is 33.0 Å². The molecule has 4 saturated carbocycles. The number of rotatable bonds is 4. The molecule has 0 aromatic carbocycles. The van der Waals surface area contributed by atoms with Crippen molar-refractivity contribution in [3.63, 3.8) is 0 Å². The first-order valence-corrected chi connectivity index (χ1v) is 11.0. The number of nitrogens with zero attached hydrogens (tertiary/aromatic N) is 2. The van der Waals surface area contributed by atoms with Gasteiger partial charge in [-0.05, 0) is 74.6 Å². The van der Waals surface area contributed by atoms with Crippen molar-refractivity contribution in [1.82, 2.24) is 15.3 Å². The van der Waals surface area contributed by atoms with E-state index in [0.29, 0.717) is 0 Å². The number of thioether (sulfide) groups is 1. The monoisotopic (exact) mass is 373 g/mol. The molecule has 4 aliphatic rings. The molecule has 1 amide bonds. The van der Waals surface area contributed by atoms with Gasteiger partial charge < -0.3 is 5.32 Å². The Labute approximate surface area is 156 Å². The Bertz CT molecular complexity index is 783. The Balaban J connectivity index is 1.30. The van der Waals surface area contributed by atoms with Gasteiger partial charge in [-0.25, -0.2) is 9.97 Å². The highest BCUT2D eigenvalue weighted by Gasteiger charge is 2.51. The van der Waals surface area contributed by atoms with E-state index in [-0.39, 0.29) is 16.7 Å². The molecule has 0 radical (unpaired) electrons. The molecule has 25 heavy (non-hydrogen) atoms. The number of carbonyl (C=O) groups excluding carboxylic acids is 1. The standard InChI is InChI=1S/C19H23N3OS2/c1-11(25-18-15-2-3-24-17(15)20-10-21-18)16(23)22-19-7-12-4-13(8-19)6-14(5-12)9-19/h2-3,10-14H,4-9H2,1H3,(H,22,23)/t11-,12?,13?,14?,19?/m1/s1. The summed E-state index contributed by atoms with van der Waals surface area (Å²) in [5.41, 5.74) is 0.0873. The Morgan fingerprint density at radius 1 is 1.24 bits per heavy atom. The third-order valence-corrected chi connectivity index (χ3v) is 8.25. The van der Waals surface area contributed by atoms with Crippen LogP contribution in [-0.2, 0) is 4.79 Å². The Hall–Kier alpha value is -1.14. The number of carbonyl (C=O) groups is 1. The molecular weight excluding hydrogens is 350 g/mol. The van der Waals surface area contributed by atoms with Gasteiger partial charge in [0.05, 0.1) is 5.25 Å². The van der Waals surface area contributed by atoms with E-state index in [1.54, 1.807) is 29.4 Å². The lowest BCUT2D eigenvalue weighted by atomic mass is 9.53. The van der Waals surface area contributed by atoms with E-state index in [9.17, 15) is 4.79 Å². The van der Waals surface area contributed by atoms with Crippen LogP contribution in [0.2, 0.25) is 0 Å². The van der Waals surface area contributed by atoms with Gasteiger partial charge in [-0.2, -0.15) is 0 Å². The number of fused-ring (bicyclic) bond motifs is 1. The number of hydrogen-bond donors (Lipinski definition) is 1. The number of thiophene rings is 1. The first-order chi connectivity index (χ1) is 12.1. The zero-order chi connectivity index (χ0) is 17.0. The Kier molecular flexibility index (Phi) is 3.82. The van der Waals surface area contributed by atoms with E-state index in [4.69, 9.17) is 0 Å². The van der Waals surface area contributed by atoms with Crippen LogP contribution in [0.15, 0.2) is 22.8 Å². The van der Waals surface area contributed by atoms with Crippen LogP contribution in [0, 0.1) is 17.8 Å². The van der Waals surface area contributed by atoms with Crippen LogP contribution in [0.1, 0.15) is 45.4 Å². The summed E-state index contributed by atoms with van der Waals surface area (Å²) in [5.74, 6) is 2.72. The molecule has 4 fully saturated rings. The van der Waals surface area contributed by atoms with Crippen LogP contribution in [0.25, 0.3) is 10.2 Å². The molecule has 1 atom stereocenters. The first kappa shape index (κ1) is 16.1. The van der Waals surface area contributed by atoms with Gasteiger partial charge in [-0.3, -0.25) is 4.79 Å². The van der Waals surface area contributed by atoms with Gasteiger partial charge in [0.2, 0.25) is 5.91 Å². The van der Waals surface area contributed by atoms with E-state index >= 15 is 0 Å². The highest BCUT2D eigenvalue weighted by atomic mass is 32.2. The van der Waals surface area contributed by atoms with Crippen molar-refractivity contribution in [2.75, 3.05) is 0 Å². The SMILES string of the molecule is C[C@@H](Sc1ncnc2sccc12)C(=O)NC12CC3CC(CC(C3)C1)C2. The minimum absolute atomic E-state index is 0.0873. The average Bonchev–Trinajstić information content (AvgIpc) is 3.02. The summed E-state index contributed by atoms with van der Waals surface area (Å²) in [7, 11) is 0. The van der Waals surface area contributed by atoms with Gasteiger partial charge >= 0.3 is 0 Å². The predicted octanol–water partition coefficient (Wildman–Crippen LogP) is 4.26.